The van der Waals surface area contributed by atoms with Gasteiger partial charge < -0.3 is 10.2 Å². The van der Waals surface area contributed by atoms with Crippen LogP contribution in [0.2, 0.25) is 0 Å². The number of halogens is 1. The van der Waals surface area contributed by atoms with Crippen molar-refractivity contribution in [3.05, 3.63) is 66.0 Å². The molecule has 0 fully saturated rings. The Morgan fingerprint density at radius 1 is 1.19 bits per heavy atom. The van der Waals surface area contributed by atoms with E-state index < -0.39 is 27.7 Å². The first-order chi connectivity index (χ1) is 12.5. The number of sulfone groups is 1. The Morgan fingerprint density at radius 3 is 2.69 bits per heavy atom. The highest BCUT2D eigenvalue weighted by atomic mass is 32.2. The molecule has 1 N–H and O–H groups in total. The van der Waals surface area contributed by atoms with Gasteiger partial charge in [0.1, 0.15) is 5.82 Å². The summed E-state index contributed by atoms with van der Waals surface area (Å²) in [5, 5.41) is 6.37. The molecule has 26 heavy (non-hydrogen) atoms. The number of oxime groups is 1. The van der Waals surface area contributed by atoms with Crippen LogP contribution < -0.4 is 5.32 Å². The van der Waals surface area contributed by atoms with Crippen molar-refractivity contribution in [3.63, 3.8) is 0 Å². The van der Waals surface area contributed by atoms with E-state index in [4.69, 9.17) is 4.84 Å². The van der Waals surface area contributed by atoms with E-state index in [0.29, 0.717) is 11.3 Å². The van der Waals surface area contributed by atoms with Crippen molar-refractivity contribution in [1.82, 2.24) is 5.32 Å². The van der Waals surface area contributed by atoms with Crippen molar-refractivity contribution in [2.24, 2.45) is 5.16 Å². The fraction of sp³-hybridized carbons (Fsp3) is 0.222. The molecule has 0 saturated heterocycles. The number of benzene rings is 2. The van der Waals surface area contributed by atoms with Gasteiger partial charge in [0.2, 0.25) is 6.10 Å². The number of carbonyl (C=O) groups is 1. The zero-order valence-electron chi connectivity index (χ0n) is 13.8. The lowest BCUT2D eigenvalue weighted by molar-refractivity contribution is -0.131. The maximum Gasteiger partial charge on any atom is 0.264 e. The predicted octanol–water partition coefficient (Wildman–Crippen LogP) is 1.91. The lowest BCUT2D eigenvalue weighted by atomic mass is 10.0. The van der Waals surface area contributed by atoms with Crippen molar-refractivity contribution in [1.29, 1.82) is 0 Å². The molecule has 136 valence electrons. The number of carbonyl (C=O) groups excluding carboxylic acids is 1. The summed E-state index contributed by atoms with van der Waals surface area (Å²) in [6, 6.07) is 13.9. The summed E-state index contributed by atoms with van der Waals surface area (Å²) in [6.07, 6.45) is -0.659. The van der Waals surface area contributed by atoms with Gasteiger partial charge in [-0.1, -0.05) is 35.5 Å². The fourth-order valence-corrected chi connectivity index (χ4v) is 3.70. The molecule has 0 radical (unpaired) electrons. The van der Waals surface area contributed by atoms with E-state index in [9.17, 15) is 17.6 Å². The zero-order valence-corrected chi connectivity index (χ0v) is 14.6. The highest BCUT2D eigenvalue weighted by molar-refractivity contribution is 7.91. The number of hydrogen-bond acceptors (Lipinski definition) is 5. The van der Waals surface area contributed by atoms with Crippen LogP contribution in [0.3, 0.4) is 0 Å². The van der Waals surface area contributed by atoms with Crippen molar-refractivity contribution >= 4 is 21.5 Å². The molecule has 0 spiro atoms. The van der Waals surface area contributed by atoms with Crippen LogP contribution in [0.15, 0.2) is 64.6 Å². The summed E-state index contributed by atoms with van der Waals surface area (Å²) in [4.78, 5) is 17.4. The van der Waals surface area contributed by atoms with Gasteiger partial charge in [0.05, 0.1) is 16.4 Å². The fourth-order valence-electron chi connectivity index (χ4n) is 2.52. The average Bonchev–Trinajstić information content (AvgIpc) is 3.12. The van der Waals surface area contributed by atoms with E-state index in [0.717, 1.165) is 0 Å². The van der Waals surface area contributed by atoms with E-state index in [1.807, 2.05) is 0 Å². The Morgan fingerprint density at radius 2 is 1.96 bits per heavy atom. The smallest absolute Gasteiger partial charge is 0.264 e. The van der Waals surface area contributed by atoms with Crippen molar-refractivity contribution in [2.75, 3.05) is 12.3 Å². The molecule has 2 aromatic carbocycles. The Hall–Kier alpha value is -2.74. The Bertz CT molecular complexity index is 929. The van der Waals surface area contributed by atoms with E-state index in [1.54, 1.807) is 30.3 Å². The molecule has 1 aliphatic heterocycles. The van der Waals surface area contributed by atoms with Crippen LogP contribution >= 0.6 is 0 Å². The van der Waals surface area contributed by atoms with Crippen LogP contribution in [0, 0.1) is 5.82 Å². The predicted molar refractivity (Wildman–Crippen MR) is 93.9 cm³/mol. The standard InChI is InChI=1S/C18H17FN2O4S/c19-14-6-4-5-13(11-14)16-12-17(25-21-16)18(22)20-9-10-26(23,24)15-7-2-1-3-8-15/h1-8,11,17H,9-10,12H2,(H,20,22)/t17-/m0/s1. The SMILES string of the molecule is O=C(NCCS(=O)(=O)c1ccccc1)[C@@H]1CC(c2cccc(F)c2)=NO1. The summed E-state index contributed by atoms with van der Waals surface area (Å²) < 4.78 is 37.6. The highest BCUT2D eigenvalue weighted by Crippen LogP contribution is 2.17. The number of amides is 1. The van der Waals surface area contributed by atoms with Gasteiger partial charge in [-0.25, -0.2) is 12.8 Å². The molecule has 0 aliphatic carbocycles. The molecule has 0 saturated carbocycles. The largest absolute Gasteiger partial charge is 0.382 e. The van der Waals surface area contributed by atoms with Gasteiger partial charge in [-0.2, -0.15) is 0 Å². The summed E-state index contributed by atoms with van der Waals surface area (Å²) in [5.41, 5.74) is 1.02. The second-order valence-electron chi connectivity index (χ2n) is 5.77. The molecule has 0 unspecified atom stereocenters. The highest BCUT2D eigenvalue weighted by Gasteiger charge is 2.29. The van der Waals surface area contributed by atoms with Crippen LogP contribution in [-0.2, 0) is 19.5 Å². The van der Waals surface area contributed by atoms with Gasteiger partial charge in [0.25, 0.3) is 5.91 Å². The van der Waals surface area contributed by atoms with Gasteiger partial charge in [0.15, 0.2) is 9.84 Å². The molecule has 8 heteroatoms. The number of hydrogen-bond donors (Lipinski definition) is 1. The molecular weight excluding hydrogens is 359 g/mol. The lowest BCUT2D eigenvalue weighted by Gasteiger charge is -2.10. The van der Waals surface area contributed by atoms with E-state index in [-0.39, 0.29) is 23.6 Å². The third kappa shape index (κ3) is 4.26. The molecule has 1 atom stereocenters. The second kappa shape index (κ2) is 7.65. The molecule has 0 bridgehead atoms. The van der Waals surface area contributed by atoms with Gasteiger partial charge >= 0.3 is 0 Å². The second-order valence-corrected chi connectivity index (χ2v) is 7.88. The molecule has 1 heterocycles. The van der Waals surface area contributed by atoms with Crippen molar-refractivity contribution in [2.45, 2.75) is 17.4 Å². The number of nitrogens with one attached hydrogen (secondary N) is 1. The average molecular weight is 376 g/mol. The Kier molecular flexibility index (Phi) is 5.32. The van der Waals surface area contributed by atoms with Crippen LogP contribution in [0.25, 0.3) is 0 Å². The van der Waals surface area contributed by atoms with Gasteiger partial charge in [-0.05, 0) is 24.3 Å². The minimum atomic E-state index is -3.46. The lowest BCUT2D eigenvalue weighted by Crippen LogP contribution is -2.37. The third-order valence-corrected chi connectivity index (χ3v) is 5.62. The maximum atomic E-state index is 13.3. The van der Waals surface area contributed by atoms with E-state index >= 15 is 0 Å². The van der Waals surface area contributed by atoms with Gasteiger partial charge in [-0.3, -0.25) is 4.79 Å². The minimum absolute atomic E-state index is 0.0365. The quantitative estimate of drug-likeness (QED) is 0.835. The van der Waals surface area contributed by atoms with Crippen LogP contribution in [0.4, 0.5) is 4.39 Å². The van der Waals surface area contributed by atoms with E-state index in [2.05, 4.69) is 10.5 Å². The number of nitrogens with zero attached hydrogens (tertiary/aromatic N) is 1. The summed E-state index contributed by atoms with van der Waals surface area (Å²) in [5.74, 6) is -1.07. The first kappa shape index (κ1) is 18.1. The molecule has 6 nitrogen and oxygen atoms in total. The topological polar surface area (TPSA) is 84.8 Å². The van der Waals surface area contributed by atoms with Crippen LogP contribution in [0.5, 0.6) is 0 Å². The minimum Gasteiger partial charge on any atom is -0.382 e. The summed E-state index contributed by atoms with van der Waals surface area (Å²) >= 11 is 0. The normalized spacial score (nSPS) is 16.7. The molecule has 0 aromatic heterocycles. The summed E-state index contributed by atoms with van der Waals surface area (Å²) in [6.45, 7) is -0.0365. The monoisotopic (exact) mass is 376 g/mol. The van der Waals surface area contributed by atoms with Gasteiger partial charge in [-0.15, -0.1) is 0 Å². The third-order valence-electron chi connectivity index (χ3n) is 3.89. The van der Waals surface area contributed by atoms with E-state index in [1.165, 1.54) is 24.3 Å². The summed E-state index contributed by atoms with van der Waals surface area (Å²) in [7, 11) is -3.46. The van der Waals surface area contributed by atoms with Crippen LogP contribution in [0.1, 0.15) is 12.0 Å². The first-order valence-corrected chi connectivity index (χ1v) is 9.65. The number of rotatable bonds is 6. The Balaban J connectivity index is 1.51. The van der Waals surface area contributed by atoms with Crippen molar-refractivity contribution < 1.29 is 22.4 Å². The maximum absolute atomic E-state index is 13.3. The molecule has 3 rings (SSSR count). The molecule has 2 aromatic rings. The molecule has 1 amide bonds. The molecule has 1 aliphatic rings. The Labute approximate surface area is 150 Å². The van der Waals surface area contributed by atoms with Crippen molar-refractivity contribution in [3.8, 4) is 0 Å². The first-order valence-electron chi connectivity index (χ1n) is 8.00. The molecular formula is C18H17FN2O4S. The van der Waals surface area contributed by atoms with Gasteiger partial charge in [0, 0.05) is 18.5 Å². The van der Waals surface area contributed by atoms with Crippen LogP contribution in [-0.4, -0.2) is 38.4 Å². The zero-order chi connectivity index (χ0) is 18.6.